The van der Waals surface area contributed by atoms with E-state index in [1.807, 2.05) is 6.92 Å². The SMILES string of the molecule is CCCCCC(=O)O[C@H]1C[C@@H](O)[C@H]2[C@@H]1[C@]2(F)C(=O)OC. The summed E-state index contributed by atoms with van der Waals surface area (Å²) in [6.07, 6.45) is 1.45. The molecule has 0 bridgehead atoms. The summed E-state index contributed by atoms with van der Waals surface area (Å²) in [7, 11) is 1.11. The van der Waals surface area contributed by atoms with Crippen LogP contribution >= 0.6 is 0 Å². The van der Waals surface area contributed by atoms with Crippen molar-refractivity contribution in [1.29, 1.82) is 0 Å². The number of hydrogen-bond acceptors (Lipinski definition) is 5. The van der Waals surface area contributed by atoms with Crippen molar-refractivity contribution in [2.75, 3.05) is 7.11 Å². The van der Waals surface area contributed by atoms with Gasteiger partial charge in [-0.3, -0.25) is 4.79 Å². The van der Waals surface area contributed by atoms with Crippen LogP contribution in [-0.2, 0) is 19.1 Å². The van der Waals surface area contributed by atoms with Crippen LogP contribution in [0.25, 0.3) is 0 Å². The first-order chi connectivity index (χ1) is 9.46. The van der Waals surface area contributed by atoms with Gasteiger partial charge >= 0.3 is 11.9 Å². The second kappa shape index (κ2) is 5.68. The minimum Gasteiger partial charge on any atom is -0.467 e. The van der Waals surface area contributed by atoms with E-state index >= 15 is 0 Å². The van der Waals surface area contributed by atoms with Crippen LogP contribution < -0.4 is 0 Å². The number of hydrogen-bond donors (Lipinski definition) is 1. The van der Waals surface area contributed by atoms with E-state index in [1.54, 1.807) is 0 Å². The van der Waals surface area contributed by atoms with E-state index < -0.39 is 41.7 Å². The Balaban J connectivity index is 1.91. The number of unbranched alkanes of at least 4 members (excludes halogenated alkanes) is 2. The molecule has 0 spiro atoms. The summed E-state index contributed by atoms with van der Waals surface area (Å²) in [5.41, 5.74) is -2.19. The number of aliphatic hydroxyl groups is 1. The largest absolute Gasteiger partial charge is 0.467 e. The molecule has 0 unspecified atom stereocenters. The third-order valence-electron chi connectivity index (χ3n) is 4.30. The number of esters is 2. The second-order valence-corrected chi connectivity index (χ2v) is 5.60. The fourth-order valence-corrected chi connectivity index (χ4v) is 3.26. The van der Waals surface area contributed by atoms with Crippen LogP contribution in [0.2, 0.25) is 0 Å². The summed E-state index contributed by atoms with van der Waals surface area (Å²) >= 11 is 0. The lowest BCUT2D eigenvalue weighted by Gasteiger charge is -2.19. The molecule has 6 heteroatoms. The van der Waals surface area contributed by atoms with Crippen molar-refractivity contribution in [3.63, 3.8) is 0 Å². The standard InChI is InChI=1S/C14H21FO5/c1-3-4-5-6-10(17)20-9-7-8(16)11-12(9)14(11,15)13(18)19-2/h8-9,11-12,16H,3-7H2,1-2H3/t8-,9+,11+,12-,14+/m1/s1. The quantitative estimate of drug-likeness (QED) is 0.590. The first-order valence-electron chi connectivity index (χ1n) is 7.11. The van der Waals surface area contributed by atoms with Crippen LogP contribution in [0, 0.1) is 11.8 Å². The lowest BCUT2D eigenvalue weighted by atomic mass is 10.1. The van der Waals surface area contributed by atoms with Gasteiger partial charge in [0.05, 0.1) is 19.1 Å². The Morgan fingerprint density at radius 3 is 2.65 bits per heavy atom. The van der Waals surface area contributed by atoms with Crippen molar-refractivity contribution >= 4 is 11.9 Å². The maximum atomic E-state index is 14.4. The maximum Gasteiger partial charge on any atom is 0.344 e. The van der Waals surface area contributed by atoms with E-state index in [1.165, 1.54) is 0 Å². The van der Waals surface area contributed by atoms with E-state index in [0.29, 0.717) is 0 Å². The lowest BCUT2D eigenvalue weighted by Crippen LogP contribution is -2.34. The molecule has 2 aliphatic carbocycles. The molecule has 0 amide bonds. The van der Waals surface area contributed by atoms with Crippen molar-refractivity contribution in [2.24, 2.45) is 11.8 Å². The number of aliphatic hydroxyl groups excluding tert-OH is 1. The molecular formula is C14H21FO5. The van der Waals surface area contributed by atoms with Gasteiger partial charge in [0.25, 0.3) is 0 Å². The number of carbonyl (C=O) groups is 2. The summed E-state index contributed by atoms with van der Waals surface area (Å²) in [5, 5.41) is 9.78. The van der Waals surface area contributed by atoms with Crippen LogP contribution in [0.3, 0.4) is 0 Å². The van der Waals surface area contributed by atoms with Gasteiger partial charge in [-0.15, -0.1) is 0 Å². The molecule has 0 radical (unpaired) electrons. The predicted molar refractivity (Wildman–Crippen MR) is 67.5 cm³/mol. The smallest absolute Gasteiger partial charge is 0.344 e. The third-order valence-corrected chi connectivity index (χ3v) is 4.30. The summed E-state index contributed by atoms with van der Waals surface area (Å²) in [6, 6.07) is 0. The molecule has 1 N–H and O–H groups in total. The molecule has 0 heterocycles. The van der Waals surface area contributed by atoms with Gasteiger partial charge in [0, 0.05) is 18.8 Å². The number of rotatable bonds is 6. The normalized spacial score (nSPS) is 38.2. The molecular weight excluding hydrogens is 267 g/mol. The second-order valence-electron chi connectivity index (χ2n) is 5.60. The number of alkyl halides is 1. The van der Waals surface area contributed by atoms with E-state index in [0.717, 1.165) is 26.4 Å². The first kappa shape index (κ1) is 15.2. The summed E-state index contributed by atoms with van der Waals surface area (Å²) in [5.74, 6) is -2.95. The van der Waals surface area contributed by atoms with Gasteiger partial charge in [-0.05, 0) is 6.42 Å². The molecule has 114 valence electrons. The fraction of sp³-hybridized carbons (Fsp3) is 0.857. The van der Waals surface area contributed by atoms with Gasteiger partial charge in [0.1, 0.15) is 6.10 Å². The lowest BCUT2D eigenvalue weighted by molar-refractivity contribution is -0.158. The Bertz CT molecular complexity index is 399. The molecule has 5 nitrogen and oxygen atoms in total. The van der Waals surface area contributed by atoms with Crippen LogP contribution in [-0.4, -0.2) is 42.0 Å². The van der Waals surface area contributed by atoms with Gasteiger partial charge in [0.2, 0.25) is 5.67 Å². The van der Waals surface area contributed by atoms with Crippen molar-refractivity contribution in [2.45, 2.75) is 56.9 Å². The van der Waals surface area contributed by atoms with Crippen LogP contribution in [0.15, 0.2) is 0 Å². The van der Waals surface area contributed by atoms with E-state index in [-0.39, 0.29) is 12.8 Å². The molecule has 0 aromatic carbocycles. The molecule has 0 saturated heterocycles. The highest BCUT2D eigenvalue weighted by Crippen LogP contribution is 2.64. The third kappa shape index (κ3) is 2.41. The monoisotopic (exact) mass is 288 g/mol. The van der Waals surface area contributed by atoms with E-state index in [2.05, 4.69) is 4.74 Å². The highest BCUT2D eigenvalue weighted by Gasteiger charge is 2.81. The number of halogens is 1. The zero-order valence-electron chi connectivity index (χ0n) is 11.8. The Morgan fingerprint density at radius 2 is 2.05 bits per heavy atom. The first-order valence-corrected chi connectivity index (χ1v) is 7.11. The molecule has 2 rings (SSSR count). The van der Waals surface area contributed by atoms with Crippen LogP contribution in [0.5, 0.6) is 0 Å². The zero-order valence-corrected chi connectivity index (χ0v) is 11.8. The molecule has 2 saturated carbocycles. The van der Waals surface area contributed by atoms with Crippen molar-refractivity contribution in [3.8, 4) is 0 Å². The molecule has 2 fully saturated rings. The fourth-order valence-electron chi connectivity index (χ4n) is 3.26. The van der Waals surface area contributed by atoms with Gasteiger partial charge < -0.3 is 14.6 Å². The number of ether oxygens (including phenoxy) is 2. The van der Waals surface area contributed by atoms with Crippen molar-refractivity contribution < 1.29 is 28.6 Å². The number of fused-ring (bicyclic) bond motifs is 1. The van der Waals surface area contributed by atoms with Crippen LogP contribution in [0.1, 0.15) is 39.0 Å². The minimum atomic E-state index is -2.19. The Kier molecular flexibility index (Phi) is 4.32. The van der Waals surface area contributed by atoms with Gasteiger partial charge in [-0.1, -0.05) is 19.8 Å². The van der Waals surface area contributed by atoms with Crippen molar-refractivity contribution in [3.05, 3.63) is 0 Å². The van der Waals surface area contributed by atoms with E-state index in [9.17, 15) is 19.1 Å². The molecule has 20 heavy (non-hydrogen) atoms. The molecule has 0 aliphatic heterocycles. The Hall–Kier alpha value is -1.17. The summed E-state index contributed by atoms with van der Waals surface area (Å²) in [6.45, 7) is 2.03. The van der Waals surface area contributed by atoms with Crippen molar-refractivity contribution in [1.82, 2.24) is 0 Å². The average Bonchev–Trinajstić information content (AvgIpc) is 2.91. The number of carbonyl (C=O) groups excluding carboxylic acids is 2. The van der Waals surface area contributed by atoms with Gasteiger partial charge in [-0.2, -0.15) is 0 Å². The summed E-state index contributed by atoms with van der Waals surface area (Å²) < 4.78 is 24.1. The zero-order chi connectivity index (χ0) is 14.9. The Labute approximate surface area is 117 Å². The molecule has 0 aromatic rings. The molecule has 2 aliphatic rings. The van der Waals surface area contributed by atoms with Gasteiger partial charge in [0.15, 0.2) is 0 Å². The van der Waals surface area contributed by atoms with Crippen LogP contribution in [0.4, 0.5) is 4.39 Å². The Morgan fingerprint density at radius 1 is 1.35 bits per heavy atom. The average molecular weight is 288 g/mol. The molecule has 5 atom stereocenters. The number of methoxy groups -OCH3 is 1. The minimum absolute atomic E-state index is 0.192. The predicted octanol–water partition coefficient (Wildman–Crippen LogP) is 1.37. The molecule has 0 aromatic heterocycles. The summed E-state index contributed by atoms with van der Waals surface area (Å²) in [4.78, 5) is 23.1. The van der Waals surface area contributed by atoms with Gasteiger partial charge in [-0.25, -0.2) is 9.18 Å². The van der Waals surface area contributed by atoms with E-state index in [4.69, 9.17) is 4.74 Å². The maximum absolute atomic E-state index is 14.4. The topological polar surface area (TPSA) is 72.8 Å². The highest BCUT2D eigenvalue weighted by molar-refractivity contribution is 5.85. The highest BCUT2D eigenvalue weighted by atomic mass is 19.1.